The van der Waals surface area contributed by atoms with E-state index in [4.69, 9.17) is 11.0 Å². The maximum atomic E-state index is 11.2. The van der Waals surface area contributed by atoms with E-state index >= 15 is 0 Å². The summed E-state index contributed by atoms with van der Waals surface area (Å²) in [5, 5.41) is 0.109. The molecule has 0 aliphatic heterocycles. The minimum Gasteiger partial charge on any atom is -0.432 e. The Balaban J connectivity index is 1.90. The largest absolute Gasteiger partial charge is 0.432 e. The van der Waals surface area contributed by atoms with Crippen molar-refractivity contribution in [2.75, 3.05) is 0 Å². The average Bonchev–Trinajstić information content (AvgIpc) is 3.23. The number of hydrogen-bond donors (Lipinski definition) is 1. The second-order valence-electron chi connectivity index (χ2n) is 18.7. The fraction of sp³-hybridized carbons (Fsp3) is 0.800. The summed E-state index contributed by atoms with van der Waals surface area (Å²) in [4.78, 5) is 11.2. The molecule has 2 nitrogen and oxygen atoms in total. The lowest BCUT2D eigenvalue weighted by molar-refractivity contribution is 0.112. The molecule has 0 spiro atoms. The zero-order valence-corrected chi connectivity index (χ0v) is 33.6. The number of fused-ring (bicyclic) bond motifs is 1. The van der Waals surface area contributed by atoms with Crippen molar-refractivity contribution in [3.8, 4) is 0 Å². The van der Waals surface area contributed by atoms with Crippen LogP contribution < -0.4 is 0 Å². The summed E-state index contributed by atoms with van der Waals surface area (Å²) in [5.41, 5.74) is 4.77. The van der Waals surface area contributed by atoms with Gasteiger partial charge in [-0.1, -0.05) is 106 Å². The third-order valence-electron chi connectivity index (χ3n) is 13.5. The predicted molar refractivity (Wildman–Crippen MR) is 199 cm³/mol. The summed E-state index contributed by atoms with van der Waals surface area (Å²) in [7, 11) is -4.24. The van der Waals surface area contributed by atoms with E-state index in [2.05, 4.69) is 120 Å². The summed E-state index contributed by atoms with van der Waals surface area (Å²) in [6.45, 7) is 37.4. The van der Waals surface area contributed by atoms with Crippen molar-refractivity contribution in [3.63, 3.8) is 0 Å². The highest BCUT2D eigenvalue weighted by Crippen LogP contribution is 2.59. The van der Waals surface area contributed by atoms with Crippen LogP contribution in [-0.4, -0.2) is 27.5 Å². The Morgan fingerprint density at radius 3 is 2.20 bits per heavy atom. The molecular weight excluding hydrogens is 569 g/mol. The molecule has 0 bridgehead atoms. The number of allylic oxidation sites excluding steroid dienone is 6. The fourth-order valence-electron chi connectivity index (χ4n) is 8.17. The Hall–Kier alpha value is -0.686. The SMILES string of the molecule is C=C1/C(=C\C=C2/CCC[C@@]3(C)C2CC[C@@H]3[C@H](C)/C=C/[C@H](C)C(C)C)C[C@@H](O[Si](C)(C)C(C)(C)C)C[C@@H]1CC(C)(C)[Si](C)(C)O. The third kappa shape index (κ3) is 8.42. The van der Waals surface area contributed by atoms with Gasteiger partial charge in [-0.05, 0) is 140 Å². The van der Waals surface area contributed by atoms with Crippen LogP contribution >= 0.6 is 0 Å². The Morgan fingerprint density at radius 2 is 1.64 bits per heavy atom. The van der Waals surface area contributed by atoms with Gasteiger partial charge in [-0.25, -0.2) is 0 Å². The molecule has 7 atom stereocenters. The quantitative estimate of drug-likeness (QED) is 0.190. The number of hydrogen-bond acceptors (Lipinski definition) is 2. The lowest BCUT2D eigenvalue weighted by atomic mass is 9.61. The smallest absolute Gasteiger partial charge is 0.192 e. The molecule has 3 saturated carbocycles. The monoisotopic (exact) mass is 641 g/mol. The van der Waals surface area contributed by atoms with Crippen LogP contribution in [-0.2, 0) is 4.43 Å². The Bertz CT molecular complexity index is 1100. The van der Waals surface area contributed by atoms with Gasteiger partial charge in [0, 0.05) is 6.10 Å². The highest BCUT2D eigenvalue weighted by molar-refractivity contribution is 6.74. The molecule has 0 heterocycles. The minimum absolute atomic E-state index is 0.0782. The average molecular weight is 641 g/mol. The maximum Gasteiger partial charge on any atom is 0.192 e. The molecule has 0 aromatic heterocycles. The molecular formula is C40H72O2Si2. The highest BCUT2D eigenvalue weighted by atomic mass is 28.4. The minimum atomic E-state index is -2.33. The van der Waals surface area contributed by atoms with E-state index in [1.807, 2.05) is 0 Å². The van der Waals surface area contributed by atoms with Crippen molar-refractivity contribution in [1.29, 1.82) is 0 Å². The molecule has 0 radical (unpaired) electrons. The van der Waals surface area contributed by atoms with Crippen molar-refractivity contribution < 1.29 is 9.22 Å². The van der Waals surface area contributed by atoms with E-state index in [1.165, 1.54) is 43.3 Å². The van der Waals surface area contributed by atoms with Crippen LogP contribution in [0.15, 0.2) is 47.6 Å². The van der Waals surface area contributed by atoms with Gasteiger partial charge in [0.05, 0.1) is 0 Å². The topological polar surface area (TPSA) is 29.5 Å². The first-order valence-electron chi connectivity index (χ1n) is 18.2. The van der Waals surface area contributed by atoms with Crippen LogP contribution in [0.4, 0.5) is 0 Å². The third-order valence-corrected chi connectivity index (χ3v) is 21.6. The molecule has 0 aromatic carbocycles. The second-order valence-corrected chi connectivity index (χ2v) is 27.9. The normalized spacial score (nSPS) is 32.6. The van der Waals surface area contributed by atoms with Gasteiger partial charge in [-0.15, -0.1) is 0 Å². The van der Waals surface area contributed by atoms with Gasteiger partial charge < -0.3 is 9.22 Å². The molecule has 1 N–H and O–H groups in total. The van der Waals surface area contributed by atoms with Crippen LogP contribution in [0, 0.1) is 40.9 Å². The summed E-state index contributed by atoms with van der Waals surface area (Å²) >= 11 is 0. The van der Waals surface area contributed by atoms with Gasteiger partial charge in [0.15, 0.2) is 16.6 Å². The van der Waals surface area contributed by atoms with Gasteiger partial charge in [0.25, 0.3) is 0 Å². The second kappa shape index (κ2) is 13.8. The number of rotatable bonds is 10. The molecule has 3 fully saturated rings. The van der Waals surface area contributed by atoms with Crippen LogP contribution in [0.1, 0.15) is 121 Å². The molecule has 3 aliphatic carbocycles. The summed E-state index contributed by atoms with van der Waals surface area (Å²) in [5.74, 6) is 3.80. The lowest BCUT2D eigenvalue weighted by Crippen LogP contribution is -2.46. The van der Waals surface area contributed by atoms with E-state index in [-0.39, 0.29) is 16.2 Å². The molecule has 44 heavy (non-hydrogen) atoms. The van der Waals surface area contributed by atoms with Crippen LogP contribution in [0.2, 0.25) is 36.3 Å². The molecule has 0 aromatic rings. The van der Waals surface area contributed by atoms with E-state index < -0.39 is 16.6 Å². The van der Waals surface area contributed by atoms with Gasteiger partial charge in [0.1, 0.15) is 0 Å². The van der Waals surface area contributed by atoms with E-state index in [0.29, 0.717) is 35.0 Å². The Kier molecular flexibility index (Phi) is 11.9. The first-order valence-corrected chi connectivity index (χ1v) is 24.0. The van der Waals surface area contributed by atoms with E-state index in [1.54, 1.807) is 5.57 Å². The zero-order chi connectivity index (χ0) is 33.5. The van der Waals surface area contributed by atoms with Gasteiger partial charge in [0.2, 0.25) is 0 Å². The van der Waals surface area contributed by atoms with Crippen LogP contribution in [0.25, 0.3) is 0 Å². The lowest BCUT2D eigenvalue weighted by Gasteiger charge is -2.45. The van der Waals surface area contributed by atoms with Gasteiger partial charge in [-0.3, -0.25) is 0 Å². The molecule has 3 aliphatic rings. The molecule has 0 amide bonds. The Morgan fingerprint density at radius 1 is 1.00 bits per heavy atom. The first kappa shape index (κ1) is 37.8. The van der Waals surface area contributed by atoms with Gasteiger partial charge >= 0.3 is 0 Å². The Labute approximate surface area is 276 Å². The van der Waals surface area contributed by atoms with Crippen molar-refractivity contribution in [3.05, 3.63) is 47.6 Å². The standard InChI is InChI=1S/C40H72O2Si2/c1-28(2)29(3)18-19-30(4)36-22-23-37-32(17-16-24-40(36,37)11)20-21-33-25-35(42-44(14,15)38(6,7)8)26-34(31(33)5)27-39(9,10)43(12,13)41/h18-21,28-30,34-37,41H,5,16-17,22-27H2,1-4,6-15H3/b19-18+,32-20+,33-21-/t29-,30+,34+,35+,36+,37?,40+/m0/s1. The van der Waals surface area contributed by atoms with E-state index in [0.717, 1.165) is 25.2 Å². The predicted octanol–water partition coefficient (Wildman–Crippen LogP) is 12.3. The summed E-state index contributed by atoms with van der Waals surface area (Å²) in [6, 6.07) is 0. The van der Waals surface area contributed by atoms with Gasteiger partial charge in [-0.2, -0.15) is 0 Å². The summed E-state index contributed by atoms with van der Waals surface area (Å²) in [6.07, 6.45) is 19.8. The summed E-state index contributed by atoms with van der Waals surface area (Å²) < 4.78 is 7.10. The van der Waals surface area contributed by atoms with Crippen molar-refractivity contribution >= 4 is 16.6 Å². The maximum absolute atomic E-state index is 11.2. The highest BCUT2D eigenvalue weighted by Gasteiger charge is 2.50. The first-order chi connectivity index (χ1) is 20.0. The van der Waals surface area contributed by atoms with Crippen molar-refractivity contribution in [2.24, 2.45) is 40.9 Å². The van der Waals surface area contributed by atoms with E-state index in [9.17, 15) is 4.80 Å². The molecule has 0 saturated heterocycles. The van der Waals surface area contributed by atoms with Crippen molar-refractivity contribution in [2.45, 2.75) is 163 Å². The molecule has 4 heteroatoms. The molecule has 252 valence electrons. The molecule has 1 unspecified atom stereocenters. The molecule has 3 rings (SSSR count). The van der Waals surface area contributed by atoms with Crippen LogP contribution in [0.5, 0.6) is 0 Å². The fourth-order valence-corrected chi connectivity index (χ4v) is 10.3. The van der Waals surface area contributed by atoms with Crippen molar-refractivity contribution in [1.82, 2.24) is 0 Å². The van der Waals surface area contributed by atoms with Crippen LogP contribution in [0.3, 0.4) is 0 Å². The zero-order valence-electron chi connectivity index (χ0n) is 31.6.